The minimum atomic E-state index is 0.414. The molecule has 6 nitrogen and oxygen atoms in total. The van der Waals surface area contributed by atoms with E-state index in [0.29, 0.717) is 12.5 Å². The highest BCUT2D eigenvalue weighted by molar-refractivity contribution is 7.19. The first-order valence-electron chi connectivity index (χ1n) is 12.3. The van der Waals surface area contributed by atoms with E-state index < -0.39 is 0 Å². The molecule has 4 aromatic heterocycles. The first-order chi connectivity index (χ1) is 17.2. The molecule has 1 saturated heterocycles. The number of hydrogen-bond donors (Lipinski definition) is 1. The van der Waals surface area contributed by atoms with Gasteiger partial charge in [0.15, 0.2) is 5.65 Å². The van der Waals surface area contributed by atoms with Crippen molar-refractivity contribution in [2.75, 3.05) is 18.4 Å². The molecule has 5 aromatic rings. The Bertz CT molecular complexity index is 1480. The van der Waals surface area contributed by atoms with Gasteiger partial charge in [-0.25, -0.2) is 4.98 Å². The van der Waals surface area contributed by atoms with Crippen molar-refractivity contribution in [1.29, 1.82) is 0 Å². The quantitative estimate of drug-likeness (QED) is 0.374. The number of benzene rings is 1. The number of likely N-dealkylation sites (tertiary alicyclic amines) is 1. The summed E-state index contributed by atoms with van der Waals surface area (Å²) in [6, 6.07) is 15.0. The molecule has 0 radical (unpaired) electrons. The Hall–Kier alpha value is -3.23. The van der Waals surface area contributed by atoms with Crippen LogP contribution < -0.4 is 10.8 Å². The lowest BCUT2D eigenvalue weighted by Gasteiger charge is -2.32. The van der Waals surface area contributed by atoms with Crippen LogP contribution in [0.3, 0.4) is 0 Å². The third-order valence-electron chi connectivity index (χ3n) is 7.10. The van der Waals surface area contributed by atoms with Crippen molar-refractivity contribution >= 4 is 46.2 Å². The number of rotatable bonds is 6. The van der Waals surface area contributed by atoms with Gasteiger partial charge in [-0.2, -0.15) is 9.61 Å². The van der Waals surface area contributed by atoms with Crippen molar-refractivity contribution in [3.8, 4) is 0 Å². The van der Waals surface area contributed by atoms with Gasteiger partial charge in [0, 0.05) is 59.8 Å². The highest BCUT2D eigenvalue weighted by atomic mass is 32.1. The van der Waals surface area contributed by atoms with Crippen LogP contribution in [0.5, 0.6) is 0 Å². The topological polar surface area (TPSA) is 58.4 Å². The van der Waals surface area contributed by atoms with E-state index in [2.05, 4.69) is 71.5 Å². The Morgan fingerprint density at radius 2 is 2.09 bits per heavy atom. The van der Waals surface area contributed by atoms with Crippen LogP contribution in [-0.2, 0) is 13.1 Å². The third-order valence-corrected chi connectivity index (χ3v) is 8.36. The number of aromatic nitrogens is 4. The number of piperidine rings is 1. The van der Waals surface area contributed by atoms with Crippen LogP contribution in [0, 0.1) is 6.92 Å². The molecule has 1 aliphatic rings. The van der Waals surface area contributed by atoms with Gasteiger partial charge < -0.3 is 5.32 Å². The Morgan fingerprint density at radius 3 is 2.94 bits per heavy atom. The molecule has 176 valence electrons. The summed E-state index contributed by atoms with van der Waals surface area (Å²) >= 11 is 1.94. The van der Waals surface area contributed by atoms with Gasteiger partial charge in [0.25, 0.3) is 0 Å². The van der Waals surface area contributed by atoms with Gasteiger partial charge >= 0.3 is 0 Å². The van der Waals surface area contributed by atoms with Gasteiger partial charge in [-0.05, 0) is 60.4 Å². The minimum absolute atomic E-state index is 0.414. The maximum absolute atomic E-state index is 5.09. The lowest BCUT2D eigenvalue weighted by molar-refractivity contribution is 0.200. The summed E-state index contributed by atoms with van der Waals surface area (Å²) in [5, 5.41) is 9.56. The van der Waals surface area contributed by atoms with Gasteiger partial charge in [-0.15, -0.1) is 11.3 Å². The molecular weight excluding hydrogens is 451 g/mol. The number of thiophene rings is 1. The van der Waals surface area contributed by atoms with E-state index in [1.807, 2.05) is 34.3 Å². The fourth-order valence-corrected chi connectivity index (χ4v) is 6.39. The molecule has 8 heteroatoms. The van der Waals surface area contributed by atoms with E-state index in [1.54, 1.807) is 6.20 Å². The molecule has 0 spiro atoms. The molecule has 5 heterocycles. The van der Waals surface area contributed by atoms with Crippen molar-refractivity contribution in [1.82, 2.24) is 24.5 Å². The Morgan fingerprint density at radius 1 is 1.17 bits per heavy atom. The summed E-state index contributed by atoms with van der Waals surface area (Å²) in [4.78, 5) is 13.4. The molecule has 1 aromatic carbocycles. The van der Waals surface area contributed by atoms with E-state index in [4.69, 9.17) is 4.98 Å². The second kappa shape index (κ2) is 9.43. The maximum atomic E-state index is 5.09. The largest absolute Gasteiger partial charge is 0.366 e. The smallest absolute Gasteiger partial charge is 0.151 e. The molecule has 1 atom stereocenters. The predicted octanol–water partition coefficient (Wildman–Crippen LogP) is 3.90. The van der Waals surface area contributed by atoms with Crippen LogP contribution in [0.4, 0.5) is 5.82 Å². The van der Waals surface area contributed by atoms with E-state index >= 15 is 0 Å². The van der Waals surface area contributed by atoms with Gasteiger partial charge in [0.1, 0.15) is 13.7 Å². The highest BCUT2D eigenvalue weighted by Gasteiger charge is 2.25. The van der Waals surface area contributed by atoms with Crippen LogP contribution in [0.25, 0.3) is 15.7 Å². The first-order valence-corrected chi connectivity index (χ1v) is 13.1. The molecular formula is C27H29BN6S. The number of anilines is 1. The van der Waals surface area contributed by atoms with Gasteiger partial charge in [-0.1, -0.05) is 24.3 Å². The summed E-state index contributed by atoms with van der Waals surface area (Å²) < 4.78 is 3.32. The van der Waals surface area contributed by atoms with Crippen molar-refractivity contribution in [3.63, 3.8) is 0 Å². The molecule has 1 aliphatic heterocycles. The van der Waals surface area contributed by atoms with E-state index in [1.165, 1.54) is 33.4 Å². The zero-order valence-electron chi connectivity index (χ0n) is 20.2. The van der Waals surface area contributed by atoms with Crippen LogP contribution in [-0.4, -0.2) is 45.4 Å². The number of aryl methyl sites for hydroxylation is 1. The minimum Gasteiger partial charge on any atom is -0.366 e. The molecule has 1 unspecified atom stereocenters. The van der Waals surface area contributed by atoms with E-state index in [9.17, 15) is 0 Å². The summed E-state index contributed by atoms with van der Waals surface area (Å²) in [5.41, 5.74) is 5.78. The zero-order valence-corrected chi connectivity index (χ0v) is 21.1. The standard InChI is InChI=1S/C27H29BN6S/c1-18-21-8-2-3-9-24(21)35-25(18)17-33-11-5-7-20(16-33)23-12-26(30-14-19-6-4-10-29-13-19)34-27(32-23)22(28)15-31-34/h2-4,6,8-10,12-13,15,20,30H,5,7,11,14,16-17,28H2,1H3. The molecule has 0 bridgehead atoms. The zero-order chi connectivity index (χ0) is 23.8. The van der Waals surface area contributed by atoms with Crippen LogP contribution >= 0.6 is 11.3 Å². The summed E-state index contributed by atoms with van der Waals surface area (Å²) in [5.74, 6) is 1.40. The second-order valence-electron chi connectivity index (χ2n) is 9.56. The summed E-state index contributed by atoms with van der Waals surface area (Å²) in [6.45, 7) is 6.17. The molecule has 0 aliphatic carbocycles. The summed E-state index contributed by atoms with van der Waals surface area (Å²) in [6.07, 6.45) is 7.96. The molecule has 1 N–H and O–H groups in total. The molecule has 0 saturated carbocycles. The predicted molar refractivity (Wildman–Crippen MR) is 147 cm³/mol. The van der Waals surface area contributed by atoms with Gasteiger partial charge in [0.2, 0.25) is 0 Å². The number of nitrogens with one attached hydrogen (secondary N) is 1. The van der Waals surface area contributed by atoms with Crippen molar-refractivity contribution in [2.24, 2.45) is 0 Å². The van der Waals surface area contributed by atoms with E-state index in [-0.39, 0.29) is 0 Å². The Labute approximate surface area is 210 Å². The van der Waals surface area contributed by atoms with E-state index in [0.717, 1.165) is 47.8 Å². The average Bonchev–Trinajstić information content (AvgIpc) is 3.43. The monoisotopic (exact) mass is 480 g/mol. The SMILES string of the molecule is Bc1cnn2c(NCc3cccnc3)cc(C3CCCN(Cc4sc5ccccc5c4C)C3)nc12. The Kier molecular flexibility index (Phi) is 6.00. The second-order valence-corrected chi connectivity index (χ2v) is 10.7. The lowest BCUT2D eigenvalue weighted by atomic mass is 9.93. The van der Waals surface area contributed by atoms with Crippen LogP contribution in [0.15, 0.2) is 61.1 Å². The fraction of sp³-hybridized carbons (Fsp3) is 0.296. The van der Waals surface area contributed by atoms with Crippen LogP contribution in [0.2, 0.25) is 0 Å². The van der Waals surface area contributed by atoms with Crippen molar-refractivity contribution in [2.45, 2.75) is 38.8 Å². The number of pyridine rings is 1. The number of hydrogen-bond acceptors (Lipinski definition) is 6. The van der Waals surface area contributed by atoms with Crippen LogP contribution in [0.1, 0.15) is 40.5 Å². The fourth-order valence-electron chi connectivity index (χ4n) is 5.14. The molecule has 0 amide bonds. The van der Waals surface area contributed by atoms with Crippen molar-refractivity contribution < 1.29 is 0 Å². The molecule has 1 fully saturated rings. The Balaban J connectivity index is 1.25. The van der Waals surface area contributed by atoms with Crippen molar-refractivity contribution in [3.05, 3.63) is 82.8 Å². The number of nitrogens with zero attached hydrogens (tertiary/aromatic N) is 5. The first kappa shape index (κ1) is 22.3. The highest BCUT2D eigenvalue weighted by Crippen LogP contribution is 2.34. The summed E-state index contributed by atoms with van der Waals surface area (Å²) in [7, 11) is 2.08. The normalized spacial score (nSPS) is 16.8. The maximum Gasteiger partial charge on any atom is 0.151 e. The third kappa shape index (κ3) is 4.44. The van der Waals surface area contributed by atoms with Gasteiger partial charge in [-0.3, -0.25) is 9.88 Å². The molecule has 6 rings (SSSR count). The van der Waals surface area contributed by atoms with Gasteiger partial charge in [0.05, 0.1) is 5.69 Å². The average molecular weight is 480 g/mol. The number of fused-ring (bicyclic) bond motifs is 2. The molecule has 35 heavy (non-hydrogen) atoms. The lowest BCUT2D eigenvalue weighted by Crippen LogP contribution is -2.34.